The lowest BCUT2D eigenvalue weighted by Crippen LogP contribution is -2.31. The van der Waals surface area contributed by atoms with Gasteiger partial charge in [-0.25, -0.2) is 9.97 Å². The SMILES string of the molecule is CC1(C)OC2[C@H](n3cnc4c(=O)[nH]cnc43)O[C@H](CO)[C@H]2O1. The fourth-order valence-corrected chi connectivity index (χ4v) is 3.08. The van der Waals surface area contributed by atoms with Crippen LogP contribution in [0, 0.1) is 0 Å². The minimum atomic E-state index is -0.758. The second kappa shape index (κ2) is 4.59. The molecule has 1 unspecified atom stereocenters. The fraction of sp³-hybridized carbons (Fsp3) is 0.615. The number of aliphatic hydroxyl groups excluding tert-OH is 1. The number of nitrogens with zero attached hydrogens (tertiary/aromatic N) is 3. The number of aromatic amines is 1. The van der Waals surface area contributed by atoms with E-state index in [1.165, 1.54) is 12.7 Å². The zero-order valence-corrected chi connectivity index (χ0v) is 12.1. The highest BCUT2D eigenvalue weighted by Crippen LogP contribution is 2.43. The molecule has 0 aromatic carbocycles. The first-order chi connectivity index (χ1) is 10.5. The van der Waals surface area contributed by atoms with Gasteiger partial charge in [0.1, 0.15) is 18.3 Å². The van der Waals surface area contributed by atoms with Crippen molar-refractivity contribution in [3.63, 3.8) is 0 Å². The molecule has 4 rings (SSSR count). The number of H-pyrrole nitrogens is 1. The second-order valence-electron chi connectivity index (χ2n) is 5.87. The molecule has 0 amide bonds. The van der Waals surface area contributed by atoms with Gasteiger partial charge in [0.2, 0.25) is 0 Å². The summed E-state index contributed by atoms with van der Waals surface area (Å²) >= 11 is 0. The first-order valence-corrected chi connectivity index (χ1v) is 7.02. The Hall–Kier alpha value is -1.81. The maximum absolute atomic E-state index is 11.8. The molecule has 9 heteroatoms. The molecular formula is C13H16N4O5. The largest absolute Gasteiger partial charge is 0.394 e. The number of imidazole rings is 1. The van der Waals surface area contributed by atoms with Crippen LogP contribution in [0.1, 0.15) is 20.1 Å². The topological polar surface area (TPSA) is 111 Å². The Morgan fingerprint density at radius 3 is 2.91 bits per heavy atom. The van der Waals surface area contributed by atoms with E-state index in [9.17, 15) is 9.90 Å². The van der Waals surface area contributed by atoms with Gasteiger partial charge in [0.25, 0.3) is 5.56 Å². The lowest BCUT2D eigenvalue weighted by Gasteiger charge is -2.24. The van der Waals surface area contributed by atoms with Gasteiger partial charge in [-0.1, -0.05) is 0 Å². The Morgan fingerprint density at radius 2 is 2.14 bits per heavy atom. The van der Waals surface area contributed by atoms with Crippen molar-refractivity contribution in [3.05, 3.63) is 23.0 Å². The fourth-order valence-electron chi connectivity index (χ4n) is 3.08. The number of rotatable bonds is 2. The summed E-state index contributed by atoms with van der Waals surface area (Å²) in [6, 6.07) is 0. The first kappa shape index (κ1) is 13.8. The predicted octanol–water partition coefficient (Wildman–Crippen LogP) is -0.471. The van der Waals surface area contributed by atoms with E-state index in [4.69, 9.17) is 14.2 Å². The first-order valence-electron chi connectivity index (χ1n) is 7.02. The van der Waals surface area contributed by atoms with Crippen LogP contribution >= 0.6 is 0 Å². The highest BCUT2D eigenvalue weighted by molar-refractivity contribution is 5.68. The van der Waals surface area contributed by atoms with Crippen molar-refractivity contribution in [1.82, 2.24) is 19.5 Å². The molecule has 4 heterocycles. The van der Waals surface area contributed by atoms with Gasteiger partial charge in [0, 0.05) is 0 Å². The third-order valence-corrected chi connectivity index (χ3v) is 3.94. The molecular weight excluding hydrogens is 292 g/mol. The minimum Gasteiger partial charge on any atom is -0.394 e. The number of ether oxygens (including phenoxy) is 3. The maximum Gasteiger partial charge on any atom is 0.278 e. The quantitative estimate of drug-likeness (QED) is 0.771. The average molecular weight is 308 g/mol. The van der Waals surface area contributed by atoms with Gasteiger partial charge in [-0.2, -0.15) is 0 Å². The third-order valence-electron chi connectivity index (χ3n) is 3.94. The van der Waals surface area contributed by atoms with Crippen molar-refractivity contribution in [1.29, 1.82) is 0 Å². The Kier molecular flexibility index (Phi) is 2.89. The molecule has 0 spiro atoms. The monoisotopic (exact) mass is 308 g/mol. The van der Waals surface area contributed by atoms with Gasteiger partial charge < -0.3 is 24.3 Å². The number of aliphatic hydroxyl groups is 1. The van der Waals surface area contributed by atoms with Crippen LogP contribution < -0.4 is 5.56 Å². The predicted molar refractivity (Wildman–Crippen MR) is 73.0 cm³/mol. The van der Waals surface area contributed by atoms with Gasteiger partial charge in [0.15, 0.2) is 23.2 Å². The minimum absolute atomic E-state index is 0.183. The van der Waals surface area contributed by atoms with Crippen LogP contribution in [0.3, 0.4) is 0 Å². The van der Waals surface area contributed by atoms with Crippen LogP contribution in [0.2, 0.25) is 0 Å². The van der Waals surface area contributed by atoms with Crippen LogP contribution in [-0.4, -0.2) is 55.3 Å². The van der Waals surface area contributed by atoms with Crippen molar-refractivity contribution in [2.24, 2.45) is 0 Å². The molecule has 0 saturated carbocycles. The average Bonchev–Trinajstić information content (AvgIpc) is 3.10. The van der Waals surface area contributed by atoms with Crippen LogP contribution in [-0.2, 0) is 14.2 Å². The Balaban J connectivity index is 1.78. The molecule has 22 heavy (non-hydrogen) atoms. The van der Waals surface area contributed by atoms with Gasteiger partial charge in [0.05, 0.1) is 19.3 Å². The summed E-state index contributed by atoms with van der Waals surface area (Å²) in [6.07, 6.45) is 0.937. The number of aromatic nitrogens is 4. The number of hydrogen-bond donors (Lipinski definition) is 2. The molecule has 9 nitrogen and oxygen atoms in total. The van der Waals surface area contributed by atoms with Crippen molar-refractivity contribution in [2.75, 3.05) is 6.61 Å². The highest BCUT2D eigenvalue weighted by atomic mass is 16.8. The zero-order chi connectivity index (χ0) is 15.5. The summed E-state index contributed by atoms with van der Waals surface area (Å²) in [6.45, 7) is 3.44. The van der Waals surface area contributed by atoms with Crippen molar-refractivity contribution >= 4 is 11.2 Å². The number of nitrogens with one attached hydrogen (secondary N) is 1. The molecule has 2 fully saturated rings. The summed E-state index contributed by atoms with van der Waals surface area (Å²) in [5, 5.41) is 9.50. The second-order valence-corrected chi connectivity index (χ2v) is 5.87. The Labute approximate surface area is 124 Å². The third kappa shape index (κ3) is 1.90. The van der Waals surface area contributed by atoms with E-state index in [1.807, 2.05) is 13.8 Å². The van der Waals surface area contributed by atoms with Crippen molar-refractivity contribution in [2.45, 2.75) is 44.2 Å². The van der Waals surface area contributed by atoms with E-state index in [2.05, 4.69) is 15.0 Å². The molecule has 0 radical (unpaired) electrons. The molecule has 2 saturated heterocycles. The van der Waals surface area contributed by atoms with E-state index in [1.54, 1.807) is 4.57 Å². The summed E-state index contributed by atoms with van der Waals surface area (Å²) < 4.78 is 19.2. The molecule has 2 aliphatic rings. The summed E-state index contributed by atoms with van der Waals surface area (Å²) in [5.41, 5.74) is 0.314. The maximum atomic E-state index is 11.8. The van der Waals surface area contributed by atoms with Crippen molar-refractivity contribution < 1.29 is 19.3 Å². The van der Waals surface area contributed by atoms with Crippen LogP contribution in [0.5, 0.6) is 0 Å². The Morgan fingerprint density at radius 1 is 1.36 bits per heavy atom. The summed E-state index contributed by atoms with van der Waals surface area (Å²) in [7, 11) is 0. The van der Waals surface area contributed by atoms with E-state index in [0.29, 0.717) is 5.65 Å². The lowest BCUT2D eigenvalue weighted by molar-refractivity contribution is -0.199. The number of hydrogen-bond acceptors (Lipinski definition) is 7. The summed E-state index contributed by atoms with van der Waals surface area (Å²) in [5.74, 6) is -0.758. The smallest absolute Gasteiger partial charge is 0.278 e. The van der Waals surface area contributed by atoms with Crippen LogP contribution in [0.4, 0.5) is 0 Å². The van der Waals surface area contributed by atoms with Gasteiger partial charge >= 0.3 is 0 Å². The Bertz CT molecular complexity index is 769. The summed E-state index contributed by atoms with van der Waals surface area (Å²) in [4.78, 5) is 22.5. The molecule has 118 valence electrons. The van der Waals surface area contributed by atoms with Crippen LogP contribution in [0.15, 0.2) is 17.4 Å². The standard InChI is InChI=1S/C13H16N4O5/c1-13(2)21-8-6(3-18)20-12(9(8)22-13)17-5-16-7-10(17)14-4-15-11(7)19/h4-6,8-9,12,18H,3H2,1-2H3,(H,14,15,19)/t6-,8-,9?,12-/m1/s1. The molecule has 0 aliphatic carbocycles. The zero-order valence-electron chi connectivity index (χ0n) is 12.1. The molecule has 4 atom stereocenters. The van der Waals surface area contributed by atoms with E-state index in [-0.39, 0.29) is 23.8 Å². The van der Waals surface area contributed by atoms with Crippen LogP contribution in [0.25, 0.3) is 11.2 Å². The van der Waals surface area contributed by atoms with Crippen molar-refractivity contribution in [3.8, 4) is 0 Å². The molecule has 0 bridgehead atoms. The van der Waals surface area contributed by atoms with Gasteiger partial charge in [-0.15, -0.1) is 0 Å². The van der Waals surface area contributed by atoms with E-state index < -0.39 is 24.2 Å². The normalized spacial score (nSPS) is 33.4. The van der Waals surface area contributed by atoms with Gasteiger partial charge in [-0.3, -0.25) is 9.36 Å². The molecule has 2 aromatic heterocycles. The molecule has 2 aliphatic heterocycles. The molecule has 2 aromatic rings. The number of fused-ring (bicyclic) bond motifs is 2. The lowest BCUT2D eigenvalue weighted by atomic mass is 10.1. The van der Waals surface area contributed by atoms with E-state index in [0.717, 1.165) is 0 Å². The van der Waals surface area contributed by atoms with E-state index >= 15 is 0 Å². The highest BCUT2D eigenvalue weighted by Gasteiger charge is 2.55. The molecule has 2 N–H and O–H groups in total. The van der Waals surface area contributed by atoms with Gasteiger partial charge in [-0.05, 0) is 13.8 Å².